The summed E-state index contributed by atoms with van der Waals surface area (Å²) in [6, 6.07) is 20.0. The van der Waals surface area contributed by atoms with Gasteiger partial charge >= 0.3 is 6.36 Å². The van der Waals surface area contributed by atoms with E-state index in [4.69, 9.17) is 0 Å². The number of hydrogen-bond donors (Lipinski definition) is 0. The minimum absolute atomic E-state index is 0.0878. The normalized spacial score (nSPS) is 13.8. The lowest BCUT2D eigenvalue weighted by atomic mass is 9.95. The lowest BCUT2D eigenvalue weighted by Crippen LogP contribution is -2.17. The van der Waals surface area contributed by atoms with Crippen molar-refractivity contribution in [3.05, 3.63) is 95.8 Å². The topological polar surface area (TPSA) is 74.1 Å². The molecule has 9 heteroatoms. The molecule has 36 heavy (non-hydrogen) atoms. The van der Waals surface area contributed by atoms with Crippen LogP contribution in [0, 0.1) is 5.92 Å². The van der Waals surface area contributed by atoms with E-state index in [9.17, 15) is 22.8 Å². The Balaban J connectivity index is 1.18. The summed E-state index contributed by atoms with van der Waals surface area (Å²) in [6.45, 7) is 0. The van der Waals surface area contributed by atoms with Crippen LogP contribution in [0.3, 0.4) is 0 Å². The second-order valence-corrected chi connectivity index (χ2v) is 8.47. The summed E-state index contributed by atoms with van der Waals surface area (Å²) in [5.74, 6) is -0.611. The van der Waals surface area contributed by atoms with Crippen molar-refractivity contribution in [3.63, 3.8) is 0 Å². The van der Waals surface area contributed by atoms with Crippen molar-refractivity contribution in [1.29, 1.82) is 0 Å². The molecule has 0 aliphatic heterocycles. The van der Waals surface area contributed by atoms with Crippen molar-refractivity contribution in [2.24, 2.45) is 5.92 Å². The van der Waals surface area contributed by atoms with E-state index in [1.54, 1.807) is 24.3 Å². The number of fused-ring (bicyclic) bond motifs is 1. The Morgan fingerprint density at radius 1 is 0.861 bits per heavy atom. The fraction of sp³-hybridized carbons (Fsp3) is 0.185. The summed E-state index contributed by atoms with van der Waals surface area (Å²) in [6.07, 6.45) is -1.33. The van der Waals surface area contributed by atoms with E-state index in [0.29, 0.717) is 35.5 Å². The molecule has 0 N–H and O–H groups in total. The first kappa shape index (κ1) is 23.5. The second kappa shape index (κ2) is 9.41. The van der Waals surface area contributed by atoms with Crippen molar-refractivity contribution in [1.82, 2.24) is 14.8 Å². The molecule has 0 amide bonds. The van der Waals surface area contributed by atoms with Gasteiger partial charge in [0.25, 0.3) is 0 Å². The van der Waals surface area contributed by atoms with E-state index in [2.05, 4.69) is 14.8 Å². The van der Waals surface area contributed by atoms with Crippen LogP contribution in [0.5, 0.6) is 5.75 Å². The van der Waals surface area contributed by atoms with Crippen LogP contribution in [-0.2, 0) is 6.42 Å². The fourth-order valence-corrected chi connectivity index (χ4v) is 4.32. The number of benzene rings is 3. The average Bonchev–Trinajstić information content (AvgIpc) is 3.44. The van der Waals surface area contributed by atoms with Gasteiger partial charge in [0.15, 0.2) is 17.4 Å². The molecule has 1 aromatic heterocycles. The molecule has 1 aliphatic carbocycles. The van der Waals surface area contributed by atoms with E-state index in [1.165, 1.54) is 35.3 Å². The average molecular weight is 491 g/mol. The zero-order valence-electron chi connectivity index (χ0n) is 18.9. The van der Waals surface area contributed by atoms with Gasteiger partial charge in [0.05, 0.1) is 11.6 Å². The number of halogens is 3. The third-order valence-corrected chi connectivity index (χ3v) is 6.09. The second-order valence-electron chi connectivity index (χ2n) is 8.47. The van der Waals surface area contributed by atoms with Gasteiger partial charge in [0, 0.05) is 16.7 Å². The van der Waals surface area contributed by atoms with Gasteiger partial charge in [-0.1, -0.05) is 48.5 Å². The molecule has 0 radical (unpaired) electrons. The largest absolute Gasteiger partial charge is 0.573 e. The number of aromatic nitrogens is 3. The Kier molecular flexibility index (Phi) is 6.13. The van der Waals surface area contributed by atoms with Gasteiger partial charge in [0.2, 0.25) is 0 Å². The molecule has 1 aliphatic rings. The number of hydrogen-bond acceptors (Lipinski definition) is 5. The van der Waals surface area contributed by atoms with Crippen LogP contribution in [0.15, 0.2) is 79.1 Å². The number of rotatable bonds is 7. The summed E-state index contributed by atoms with van der Waals surface area (Å²) >= 11 is 0. The fourth-order valence-electron chi connectivity index (χ4n) is 4.32. The summed E-state index contributed by atoms with van der Waals surface area (Å²) in [4.78, 5) is 29.4. The number of carbonyl (C=O) groups excluding carboxylic acids is 2. The standard InChI is InChI=1S/C27H20F3N3O3/c28-27(29,30)36-20-14-12-19(13-15-20)33-16-31-26(32-33)18-10-8-17(9-11-18)4-3-7-23-24(34)21-5-1-2-6-22(21)25(23)35/h1-2,5-6,8-16,23H,3-4,7H2. The first-order valence-corrected chi connectivity index (χ1v) is 11.3. The zero-order chi connectivity index (χ0) is 25.3. The lowest BCUT2D eigenvalue weighted by Gasteiger charge is -2.09. The van der Waals surface area contributed by atoms with Gasteiger partial charge in [-0.3, -0.25) is 9.59 Å². The van der Waals surface area contributed by atoms with Gasteiger partial charge in [-0.05, 0) is 49.1 Å². The molecule has 6 nitrogen and oxygen atoms in total. The Morgan fingerprint density at radius 2 is 1.50 bits per heavy atom. The van der Waals surface area contributed by atoms with Crippen molar-refractivity contribution in [2.45, 2.75) is 25.6 Å². The highest BCUT2D eigenvalue weighted by atomic mass is 19.4. The number of Topliss-reactive ketones (excluding diaryl/α,β-unsaturated/α-hetero) is 2. The number of nitrogens with zero attached hydrogens (tertiary/aromatic N) is 3. The lowest BCUT2D eigenvalue weighted by molar-refractivity contribution is -0.274. The van der Waals surface area contributed by atoms with Crippen LogP contribution in [0.1, 0.15) is 39.1 Å². The third kappa shape index (κ3) is 4.91. The smallest absolute Gasteiger partial charge is 0.406 e. The molecule has 4 aromatic rings. The number of alkyl halides is 3. The van der Waals surface area contributed by atoms with Crippen LogP contribution in [-0.4, -0.2) is 32.7 Å². The molecular weight excluding hydrogens is 471 g/mol. The van der Waals surface area contributed by atoms with Crippen molar-refractivity contribution in [3.8, 4) is 22.8 Å². The maximum absolute atomic E-state index is 12.5. The van der Waals surface area contributed by atoms with Crippen LogP contribution in [0.4, 0.5) is 13.2 Å². The maximum atomic E-state index is 12.5. The van der Waals surface area contributed by atoms with Gasteiger partial charge < -0.3 is 4.74 Å². The molecule has 0 fully saturated rings. The summed E-state index contributed by atoms with van der Waals surface area (Å²) in [5, 5.41) is 4.40. The van der Waals surface area contributed by atoms with E-state index in [1.807, 2.05) is 24.3 Å². The molecule has 0 saturated heterocycles. The zero-order valence-corrected chi connectivity index (χ0v) is 18.9. The summed E-state index contributed by atoms with van der Waals surface area (Å²) in [7, 11) is 0. The highest BCUT2D eigenvalue weighted by molar-refractivity contribution is 6.26. The molecule has 0 spiro atoms. The Bertz CT molecular complexity index is 1380. The van der Waals surface area contributed by atoms with Gasteiger partial charge in [-0.25, -0.2) is 9.67 Å². The summed E-state index contributed by atoms with van der Waals surface area (Å²) in [5.41, 5.74) is 3.43. The predicted octanol–water partition coefficient (Wildman–Crippen LogP) is 5.85. The molecule has 0 atom stereocenters. The van der Waals surface area contributed by atoms with Crippen molar-refractivity contribution in [2.75, 3.05) is 0 Å². The van der Waals surface area contributed by atoms with Crippen LogP contribution >= 0.6 is 0 Å². The van der Waals surface area contributed by atoms with E-state index in [-0.39, 0.29) is 17.3 Å². The molecule has 1 heterocycles. The van der Waals surface area contributed by atoms with E-state index >= 15 is 0 Å². The van der Waals surface area contributed by atoms with Crippen LogP contribution in [0.25, 0.3) is 17.1 Å². The number of aryl methyl sites for hydroxylation is 1. The number of carbonyl (C=O) groups is 2. The highest BCUT2D eigenvalue weighted by Gasteiger charge is 2.37. The predicted molar refractivity (Wildman–Crippen MR) is 125 cm³/mol. The quantitative estimate of drug-likeness (QED) is 0.303. The van der Waals surface area contributed by atoms with Crippen LogP contribution in [0.2, 0.25) is 0 Å². The Hall–Kier alpha value is -4.27. The minimum Gasteiger partial charge on any atom is -0.406 e. The third-order valence-electron chi connectivity index (χ3n) is 6.09. The van der Waals surface area contributed by atoms with Gasteiger partial charge in [-0.15, -0.1) is 18.3 Å². The molecule has 3 aromatic carbocycles. The molecular formula is C27H20F3N3O3. The number of ether oxygens (including phenoxy) is 1. The van der Waals surface area contributed by atoms with E-state index in [0.717, 1.165) is 17.5 Å². The van der Waals surface area contributed by atoms with E-state index < -0.39 is 12.3 Å². The maximum Gasteiger partial charge on any atom is 0.573 e. The van der Waals surface area contributed by atoms with Gasteiger partial charge in [0.1, 0.15) is 12.1 Å². The first-order valence-electron chi connectivity index (χ1n) is 11.3. The van der Waals surface area contributed by atoms with Gasteiger partial charge in [-0.2, -0.15) is 0 Å². The monoisotopic (exact) mass is 491 g/mol. The number of ketones is 2. The highest BCUT2D eigenvalue weighted by Crippen LogP contribution is 2.30. The Morgan fingerprint density at radius 3 is 2.11 bits per heavy atom. The SMILES string of the molecule is O=C1c2ccccc2C(=O)C1CCCc1ccc(-c2ncn(-c3ccc(OC(F)(F)F)cc3)n2)cc1. The molecule has 0 saturated carbocycles. The van der Waals surface area contributed by atoms with Crippen molar-refractivity contribution < 1.29 is 27.5 Å². The molecule has 5 rings (SSSR count). The molecule has 0 unspecified atom stereocenters. The molecule has 182 valence electrons. The Labute approximate surface area is 204 Å². The summed E-state index contributed by atoms with van der Waals surface area (Å²) < 4.78 is 42.3. The van der Waals surface area contributed by atoms with Crippen LogP contribution < -0.4 is 4.74 Å². The molecule has 0 bridgehead atoms. The van der Waals surface area contributed by atoms with Crippen molar-refractivity contribution >= 4 is 11.6 Å². The minimum atomic E-state index is -4.74. The first-order chi connectivity index (χ1) is 17.3.